The monoisotopic (exact) mass is 322 g/mol. The van der Waals surface area contributed by atoms with Gasteiger partial charge in [0.2, 0.25) is 0 Å². The van der Waals surface area contributed by atoms with E-state index in [1.165, 1.54) is 51.4 Å². The highest BCUT2D eigenvalue weighted by Crippen LogP contribution is 2.41. The molecule has 1 aliphatic carbocycles. The molecule has 0 radical (unpaired) electrons. The van der Waals surface area contributed by atoms with Crippen LogP contribution in [0.1, 0.15) is 69.8 Å². The molecule has 2 rings (SSSR count). The van der Waals surface area contributed by atoms with Gasteiger partial charge in [-0.2, -0.15) is 0 Å². The quantitative estimate of drug-likeness (QED) is 0.425. The minimum Gasteiger partial charge on any atom is -0.0888 e. The Hall–Kier alpha value is -0.300. The predicted octanol–water partition coefficient (Wildman–Crippen LogP) is 6.30. The molecule has 0 heterocycles. The first kappa shape index (κ1) is 15.1. The summed E-state index contributed by atoms with van der Waals surface area (Å²) in [6.45, 7) is 2.29. The van der Waals surface area contributed by atoms with Gasteiger partial charge in [-0.1, -0.05) is 78.9 Å². The van der Waals surface area contributed by atoms with Gasteiger partial charge in [-0.15, -0.1) is 0 Å². The van der Waals surface area contributed by atoms with Gasteiger partial charge in [0.1, 0.15) is 0 Å². The molecule has 106 valence electrons. The van der Waals surface area contributed by atoms with Crippen molar-refractivity contribution in [3.8, 4) is 0 Å². The Balaban J connectivity index is 1.85. The third-order valence-electron chi connectivity index (χ3n) is 4.59. The summed E-state index contributed by atoms with van der Waals surface area (Å²) in [6, 6.07) is 11.1. The SMILES string of the molecule is CCCCCCC1CC(c2ccccc2)CCC1Br. The average molecular weight is 323 g/mol. The van der Waals surface area contributed by atoms with E-state index in [-0.39, 0.29) is 0 Å². The van der Waals surface area contributed by atoms with Crippen LogP contribution in [0.2, 0.25) is 0 Å². The van der Waals surface area contributed by atoms with E-state index in [4.69, 9.17) is 0 Å². The summed E-state index contributed by atoms with van der Waals surface area (Å²) in [6.07, 6.45) is 11.1. The van der Waals surface area contributed by atoms with Gasteiger partial charge in [0.25, 0.3) is 0 Å². The lowest BCUT2D eigenvalue weighted by atomic mass is 9.76. The van der Waals surface area contributed by atoms with Crippen molar-refractivity contribution in [2.24, 2.45) is 5.92 Å². The molecule has 0 N–H and O–H groups in total. The lowest BCUT2D eigenvalue weighted by molar-refractivity contribution is 0.311. The Morgan fingerprint density at radius 3 is 2.58 bits per heavy atom. The van der Waals surface area contributed by atoms with E-state index in [1.54, 1.807) is 5.56 Å². The third kappa shape index (κ3) is 4.63. The molecule has 0 bridgehead atoms. The summed E-state index contributed by atoms with van der Waals surface area (Å²) in [7, 11) is 0. The maximum Gasteiger partial charge on any atom is 0.0174 e. The summed E-state index contributed by atoms with van der Waals surface area (Å²) in [4.78, 5) is 0.758. The minimum absolute atomic E-state index is 0.758. The highest BCUT2D eigenvalue weighted by molar-refractivity contribution is 9.09. The van der Waals surface area contributed by atoms with Crippen LogP contribution in [0.4, 0.5) is 0 Å². The zero-order valence-corrected chi connectivity index (χ0v) is 13.7. The van der Waals surface area contributed by atoms with Gasteiger partial charge in [0, 0.05) is 4.83 Å². The van der Waals surface area contributed by atoms with Crippen molar-refractivity contribution in [2.45, 2.75) is 69.0 Å². The fourth-order valence-electron chi connectivity index (χ4n) is 3.39. The van der Waals surface area contributed by atoms with Crippen LogP contribution in [0.5, 0.6) is 0 Å². The largest absolute Gasteiger partial charge is 0.0888 e. The first-order chi connectivity index (χ1) is 9.31. The fraction of sp³-hybridized carbons (Fsp3) is 0.667. The molecule has 0 amide bonds. The summed E-state index contributed by atoms with van der Waals surface area (Å²) >= 11 is 3.92. The second kappa shape index (κ2) is 8.09. The molecule has 1 aliphatic rings. The lowest BCUT2D eigenvalue weighted by Gasteiger charge is -2.33. The standard InChI is InChI=1S/C18H27Br/c1-2-3-4-6-11-17-14-16(12-13-18(17)19)15-9-7-5-8-10-15/h5,7-10,16-18H,2-4,6,11-14H2,1H3. The van der Waals surface area contributed by atoms with Crippen molar-refractivity contribution in [3.05, 3.63) is 35.9 Å². The molecule has 0 saturated heterocycles. The molecule has 0 aromatic heterocycles. The third-order valence-corrected chi connectivity index (χ3v) is 5.79. The lowest BCUT2D eigenvalue weighted by Crippen LogP contribution is -2.24. The zero-order chi connectivity index (χ0) is 13.5. The van der Waals surface area contributed by atoms with E-state index >= 15 is 0 Å². The Kier molecular flexibility index (Phi) is 6.43. The fourth-order valence-corrected chi connectivity index (χ4v) is 4.13. The van der Waals surface area contributed by atoms with Gasteiger partial charge < -0.3 is 0 Å². The number of alkyl halides is 1. The van der Waals surface area contributed by atoms with Gasteiger partial charge in [0.15, 0.2) is 0 Å². The summed E-state index contributed by atoms with van der Waals surface area (Å²) in [5.41, 5.74) is 1.56. The topological polar surface area (TPSA) is 0 Å². The number of hydrogen-bond donors (Lipinski definition) is 0. The van der Waals surface area contributed by atoms with Crippen molar-refractivity contribution >= 4 is 15.9 Å². The Labute approximate surface area is 127 Å². The number of rotatable bonds is 6. The number of benzene rings is 1. The second-order valence-corrected chi connectivity index (χ2v) is 7.22. The van der Waals surface area contributed by atoms with E-state index in [2.05, 4.69) is 53.2 Å². The predicted molar refractivity (Wildman–Crippen MR) is 88.0 cm³/mol. The zero-order valence-electron chi connectivity index (χ0n) is 12.2. The van der Waals surface area contributed by atoms with Gasteiger partial charge >= 0.3 is 0 Å². The van der Waals surface area contributed by atoms with Crippen molar-refractivity contribution < 1.29 is 0 Å². The van der Waals surface area contributed by atoms with Crippen molar-refractivity contribution in [2.75, 3.05) is 0 Å². The molecule has 1 heteroatoms. The van der Waals surface area contributed by atoms with Crippen molar-refractivity contribution in [1.82, 2.24) is 0 Å². The molecule has 1 aromatic rings. The molecule has 0 nitrogen and oxygen atoms in total. The molecule has 0 spiro atoms. The van der Waals surface area contributed by atoms with Crippen LogP contribution in [0, 0.1) is 5.92 Å². The van der Waals surface area contributed by atoms with Gasteiger partial charge in [-0.3, -0.25) is 0 Å². The Morgan fingerprint density at radius 2 is 1.84 bits per heavy atom. The first-order valence-electron chi connectivity index (χ1n) is 8.00. The molecule has 3 unspecified atom stereocenters. The molecule has 3 atom stereocenters. The van der Waals surface area contributed by atoms with Crippen LogP contribution >= 0.6 is 15.9 Å². The molecule has 1 saturated carbocycles. The maximum absolute atomic E-state index is 3.92. The highest BCUT2D eigenvalue weighted by Gasteiger charge is 2.28. The molecule has 1 aromatic carbocycles. The second-order valence-electron chi connectivity index (χ2n) is 6.05. The van der Waals surface area contributed by atoms with Crippen LogP contribution in [0.15, 0.2) is 30.3 Å². The number of unbranched alkanes of at least 4 members (excludes halogenated alkanes) is 3. The van der Waals surface area contributed by atoms with Crippen LogP contribution < -0.4 is 0 Å². The summed E-state index contributed by atoms with van der Waals surface area (Å²) < 4.78 is 0. The smallest absolute Gasteiger partial charge is 0.0174 e. The summed E-state index contributed by atoms with van der Waals surface area (Å²) in [5.74, 6) is 1.68. The van der Waals surface area contributed by atoms with E-state index in [9.17, 15) is 0 Å². The first-order valence-corrected chi connectivity index (χ1v) is 8.91. The van der Waals surface area contributed by atoms with Crippen LogP contribution in [-0.4, -0.2) is 4.83 Å². The molecule has 1 fully saturated rings. The normalized spacial score (nSPS) is 27.4. The van der Waals surface area contributed by atoms with E-state index in [0.717, 1.165) is 16.7 Å². The van der Waals surface area contributed by atoms with Crippen LogP contribution in [-0.2, 0) is 0 Å². The van der Waals surface area contributed by atoms with Crippen LogP contribution in [0.3, 0.4) is 0 Å². The van der Waals surface area contributed by atoms with E-state index in [0.29, 0.717) is 0 Å². The Bertz CT molecular complexity index is 346. The van der Waals surface area contributed by atoms with E-state index in [1.807, 2.05) is 0 Å². The number of halogens is 1. The number of hydrogen-bond acceptors (Lipinski definition) is 0. The van der Waals surface area contributed by atoms with Gasteiger partial charge in [-0.25, -0.2) is 0 Å². The van der Waals surface area contributed by atoms with Gasteiger partial charge in [0.05, 0.1) is 0 Å². The van der Waals surface area contributed by atoms with Crippen LogP contribution in [0.25, 0.3) is 0 Å². The maximum atomic E-state index is 3.92. The summed E-state index contributed by atoms with van der Waals surface area (Å²) in [5, 5.41) is 0. The Morgan fingerprint density at radius 1 is 1.05 bits per heavy atom. The average Bonchev–Trinajstić information content (AvgIpc) is 2.46. The van der Waals surface area contributed by atoms with Crippen molar-refractivity contribution in [3.63, 3.8) is 0 Å². The van der Waals surface area contributed by atoms with E-state index < -0.39 is 0 Å². The van der Waals surface area contributed by atoms with Gasteiger partial charge in [-0.05, 0) is 43.1 Å². The molecular formula is C18H27Br. The molecule has 0 aliphatic heterocycles. The molecule has 19 heavy (non-hydrogen) atoms. The molecular weight excluding hydrogens is 296 g/mol. The minimum atomic E-state index is 0.758. The van der Waals surface area contributed by atoms with Crippen molar-refractivity contribution in [1.29, 1.82) is 0 Å². The highest BCUT2D eigenvalue weighted by atomic mass is 79.9.